The Morgan fingerprint density at radius 1 is 1.53 bits per heavy atom. The van der Waals surface area contributed by atoms with Crippen LogP contribution in [0.25, 0.3) is 0 Å². The molecule has 0 bridgehead atoms. The largest absolute Gasteiger partial charge is 0.372 e. The number of hydrogen-bond acceptors (Lipinski definition) is 4. The quantitative estimate of drug-likeness (QED) is 0.783. The van der Waals surface area contributed by atoms with Crippen molar-refractivity contribution in [1.29, 1.82) is 0 Å². The number of aromatic nitrogens is 1. The summed E-state index contributed by atoms with van der Waals surface area (Å²) in [5.74, 6) is 0.0123. The SMILES string of the molecule is NCCOCC(=O)Cc1ccc(Br)cn1. The fraction of sp³-hybridized carbons (Fsp3) is 0.400. The van der Waals surface area contributed by atoms with Crippen LogP contribution in [0.5, 0.6) is 0 Å². The Labute approximate surface area is 97.0 Å². The van der Waals surface area contributed by atoms with Gasteiger partial charge in [0.05, 0.1) is 13.0 Å². The average molecular weight is 273 g/mol. The summed E-state index contributed by atoms with van der Waals surface area (Å²) in [4.78, 5) is 15.5. The predicted molar refractivity (Wildman–Crippen MR) is 60.5 cm³/mol. The molecule has 1 aromatic rings. The predicted octanol–water partition coefficient (Wildman–Crippen LogP) is 0.931. The number of ketones is 1. The van der Waals surface area contributed by atoms with Crippen LogP contribution < -0.4 is 5.73 Å². The molecule has 1 rings (SSSR count). The van der Waals surface area contributed by atoms with E-state index < -0.39 is 0 Å². The summed E-state index contributed by atoms with van der Waals surface area (Å²) < 4.78 is 5.93. The molecule has 0 saturated heterocycles. The van der Waals surface area contributed by atoms with Gasteiger partial charge in [-0.05, 0) is 28.1 Å². The molecule has 0 aliphatic carbocycles. The molecule has 0 aliphatic heterocycles. The van der Waals surface area contributed by atoms with Crippen LogP contribution in [-0.4, -0.2) is 30.5 Å². The van der Waals surface area contributed by atoms with Crippen LogP contribution in [0.3, 0.4) is 0 Å². The van der Waals surface area contributed by atoms with Gasteiger partial charge in [-0.1, -0.05) is 0 Å². The van der Waals surface area contributed by atoms with Gasteiger partial charge in [-0.15, -0.1) is 0 Å². The molecule has 0 aromatic carbocycles. The second kappa shape index (κ2) is 6.66. The molecule has 2 N–H and O–H groups in total. The van der Waals surface area contributed by atoms with Crippen LogP contribution in [0.1, 0.15) is 5.69 Å². The van der Waals surface area contributed by atoms with E-state index in [9.17, 15) is 4.79 Å². The van der Waals surface area contributed by atoms with Gasteiger partial charge < -0.3 is 10.5 Å². The number of rotatable bonds is 6. The number of hydrogen-bond donors (Lipinski definition) is 1. The first-order valence-corrected chi connectivity index (χ1v) is 5.41. The highest BCUT2D eigenvalue weighted by Crippen LogP contribution is 2.07. The zero-order chi connectivity index (χ0) is 11.1. The molecule has 0 atom stereocenters. The number of ether oxygens (including phenoxy) is 1. The van der Waals surface area contributed by atoms with Crippen LogP contribution in [0.4, 0.5) is 0 Å². The Morgan fingerprint density at radius 3 is 2.93 bits per heavy atom. The smallest absolute Gasteiger partial charge is 0.164 e. The first kappa shape index (κ1) is 12.3. The summed E-state index contributed by atoms with van der Waals surface area (Å²) in [5.41, 5.74) is 5.98. The van der Waals surface area contributed by atoms with Gasteiger partial charge in [0.25, 0.3) is 0 Å². The van der Waals surface area contributed by atoms with E-state index in [1.54, 1.807) is 6.20 Å². The van der Waals surface area contributed by atoms with Gasteiger partial charge in [-0.3, -0.25) is 9.78 Å². The van der Waals surface area contributed by atoms with Crippen LogP contribution in [0.2, 0.25) is 0 Å². The number of nitrogens with zero attached hydrogens (tertiary/aromatic N) is 1. The second-order valence-electron chi connectivity index (χ2n) is 3.02. The van der Waals surface area contributed by atoms with Crippen molar-refractivity contribution in [2.75, 3.05) is 19.8 Å². The number of pyridine rings is 1. The van der Waals surface area contributed by atoms with Crippen LogP contribution in [-0.2, 0) is 16.0 Å². The number of Topliss-reactive ketones (excluding diaryl/α,β-unsaturated/α-hetero) is 1. The lowest BCUT2D eigenvalue weighted by Gasteiger charge is -2.01. The van der Waals surface area contributed by atoms with Crippen molar-refractivity contribution >= 4 is 21.7 Å². The highest BCUT2D eigenvalue weighted by molar-refractivity contribution is 9.10. The standard InChI is InChI=1S/C10H13BrN2O2/c11-8-1-2-9(13-6-8)5-10(14)7-15-4-3-12/h1-2,6H,3-5,7,12H2. The lowest BCUT2D eigenvalue weighted by atomic mass is 10.2. The minimum absolute atomic E-state index is 0.0123. The van der Waals surface area contributed by atoms with Crippen LogP contribution in [0, 0.1) is 0 Å². The molecule has 0 aliphatic rings. The van der Waals surface area contributed by atoms with Crippen LogP contribution in [0.15, 0.2) is 22.8 Å². The maximum absolute atomic E-state index is 11.4. The van der Waals surface area contributed by atoms with Gasteiger partial charge in [-0.2, -0.15) is 0 Å². The molecule has 5 heteroatoms. The van der Waals surface area contributed by atoms with Gasteiger partial charge in [0.1, 0.15) is 6.61 Å². The van der Waals surface area contributed by atoms with E-state index in [0.717, 1.165) is 10.2 Å². The van der Waals surface area contributed by atoms with Crippen molar-refractivity contribution in [1.82, 2.24) is 4.98 Å². The summed E-state index contributed by atoms with van der Waals surface area (Å²) >= 11 is 3.28. The number of halogens is 1. The summed E-state index contributed by atoms with van der Waals surface area (Å²) in [7, 11) is 0. The third kappa shape index (κ3) is 5.01. The van der Waals surface area contributed by atoms with Gasteiger partial charge in [0.15, 0.2) is 5.78 Å². The first-order chi connectivity index (χ1) is 7.22. The molecule has 0 spiro atoms. The van der Waals surface area contributed by atoms with Crippen LogP contribution >= 0.6 is 15.9 Å². The zero-order valence-corrected chi connectivity index (χ0v) is 9.87. The first-order valence-electron chi connectivity index (χ1n) is 4.62. The molecule has 1 aromatic heterocycles. The van der Waals surface area contributed by atoms with Crippen molar-refractivity contribution in [2.45, 2.75) is 6.42 Å². The Hall–Kier alpha value is -0.780. The van der Waals surface area contributed by atoms with Gasteiger partial charge >= 0.3 is 0 Å². The Bertz CT molecular complexity index is 314. The van der Waals surface area contributed by atoms with E-state index in [4.69, 9.17) is 10.5 Å². The van der Waals surface area contributed by atoms with E-state index in [1.807, 2.05) is 12.1 Å². The number of nitrogens with two attached hydrogens (primary N) is 1. The summed E-state index contributed by atoms with van der Waals surface area (Å²) in [6.45, 7) is 0.957. The average Bonchev–Trinajstić information content (AvgIpc) is 2.22. The summed E-state index contributed by atoms with van der Waals surface area (Å²) in [5, 5.41) is 0. The van der Waals surface area contributed by atoms with Crippen molar-refractivity contribution in [3.8, 4) is 0 Å². The van der Waals surface area contributed by atoms with Gasteiger partial charge in [0, 0.05) is 22.9 Å². The lowest BCUT2D eigenvalue weighted by Crippen LogP contribution is -2.16. The van der Waals surface area contributed by atoms with Gasteiger partial charge in [0.2, 0.25) is 0 Å². The molecule has 0 radical (unpaired) electrons. The maximum Gasteiger partial charge on any atom is 0.164 e. The minimum atomic E-state index is 0.0123. The molecular weight excluding hydrogens is 260 g/mol. The fourth-order valence-corrected chi connectivity index (χ4v) is 1.27. The minimum Gasteiger partial charge on any atom is -0.372 e. The maximum atomic E-state index is 11.4. The normalized spacial score (nSPS) is 10.3. The Kier molecular flexibility index (Phi) is 5.45. The van der Waals surface area contributed by atoms with Crippen molar-refractivity contribution in [2.24, 2.45) is 5.73 Å². The Balaban J connectivity index is 2.34. The fourth-order valence-electron chi connectivity index (χ4n) is 1.03. The third-order valence-corrected chi connectivity index (χ3v) is 2.16. The molecule has 1 heterocycles. The van der Waals surface area contributed by atoms with Crippen molar-refractivity contribution < 1.29 is 9.53 Å². The van der Waals surface area contributed by atoms with E-state index in [-0.39, 0.29) is 12.4 Å². The number of carbonyl (C=O) groups is 1. The lowest BCUT2D eigenvalue weighted by molar-refractivity contribution is -0.122. The molecule has 0 saturated carbocycles. The molecule has 0 amide bonds. The van der Waals surface area contributed by atoms with E-state index in [2.05, 4.69) is 20.9 Å². The number of carbonyl (C=O) groups excluding carboxylic acids is 1. The highest BCUT2D eigenvalue weighted by atomic mass is 79.9. The van der Waals surface area contributed by atoms with Crippen molar-refractivity contribution in [3.05, 3.63) is 28.5 Å². The molecule has 0 unspecified atom stereocenters. The summed E-state index contributed by atoms with van der Waals surface area (Å²) in [6.07, 6.45) is 1.97. The van der Waals surface area contributed by atoms with E-state index in [0.29, 0.717) is 19.6 Å². The molecule has 82 valence electrons. The molecule has 4 nitrogen and oxygen atoms in total. The monoisotopic (exact) mass is 272 g/mol. The highest BCUT2D eigenvalue weighted by Gasteiger charge is 2.04. The van der Waals surface area contributed by atoms with Crippen molar-refractivity contribution in [3.63, 3.8) is 0 Å². The Morgan fingerprint density at radius 2 is 2.33 bits per heavy atom. The zero-order valence-electron chi connectivity index (χ0n) is 8.28. The topological polar surface area (TPSA) is 65.2 Å². The van der Waals surface area contributed by atoms with Gasteiger partial charge in [-0.25, -0.2) is 0 Å². The summed E-state index contributed by atoms with van der Waals surface area (Å²) in [6, 6.07) is 3.67. The third-order valence-electron chi connectivity index (χ3n) is 1.69. The van der Waals surface area contributed by atoms with E-state index in [1.165, 1.54) is 0 Å². The second-order valence-corrected chi connectivity index (χ2v) is 3.94. The molecule has 0 fully saturated rings. The van der Waals surface area contributed by atoms with E-state index >= 15 is 0 Å². The molecule has 15 heavy (non-hydrogen) atoms. The molecular formula is C10H13BrN2O2.